The molecule has 36 heavy (non-hydrogen) atoms. The Morgan fingerprint density at radius 2 is 1.81 bits per heavy atom. The second-order valence-corrected chi connectivity index (χ2v) is 9.34. The highest BCUT2D eigenvalue weighted by Gasteiger charge is 2.58. The molecule has 1 heterocycles. The van der Waals surface area contributed by atoms with Crippen LogP contribution in [-0.4, -0.2) is 53.6 Å². The fourth-order valence-electron chi connectivity index (χ4n) is 6.07. The summed E-state index contributed by atoms with van der Waals surface area (Å²) in [6.45, 7) is 1.55. The van der Waals surface area contributed by atoms with Crippen molar-refractivity contribution in [2.24, 2.45) is 23.5 Å². The number of nitrogens with zero attached hydrogens (tertiary/aromatic N) is 1. The Balaban J connectivity index is 1.75. The first-order chi connectivity index (χ1) is 17.1. The Hall–Kier alpha value is -4.21. The second-order valence-electron chi connectivity index (χ2n) is 9.34. The number of imide groups is 3. The summed E-state index contributed by atoms with van der Waals surface area (Å²) < 4.78 is 10.8. The SMILES string of the molecule is COc1cc(O)c(C2C3=CCC4C(=O)N(C(N)=O)C(=O)C4C3CC3=C2C(=O)C(C)=CC3=O)c(OC)c1. The number of carbonyl (C=O) groups is 5. The Kier molecular flexibility index (Phi) is 5.35. The number of hydrogen-bond acceptors (Lipinski definition) is 8. The molecule has 0 radical (unpaired) electrons. The summed E-state index contributed by atoms with van der Waals surface area (Å²) in [5, 5.41) is 11.1. The van der Waals surface area contributed by atoms with Crippen molar-refractivity contribution in [1.29, 1.82) is 0 Å². The number of aromatic hydroxyl groups is 1. The van der Waals surface area contributed by atoms with Crippen LogP contribution in [0, 0.1) is 17.8 Å². The Morgan fingerprint density at radius 1 is 1.08 bits per heavy atom. The molecule has 1 fully saturated rings. The maximum Gasteiger partial charge on any atom is 0.328 e. The van der Waals surface area contributed by atoms with Crippen LogP contribution in [0.4, 0.5) is 4.79 Å². The topological polar surface area (TPSA) is 153 Å². The highest BCUT2D eigenvalue weighted by molar-refractivity contribution is 6.24. The first kappa shape index (κ1) is 23.5. The van der Waals surface area contributed by atoms with Crippen LogP contribution in [-0.2, 0) is 19.2 Å². The van der Waals surface area contributed by atoms with E-state index in [9.17, 15) is 29.1 Å². The van der Waals surface area contributed by atoms with E-state index in [1.165, 1.54) is 26.4 Å². The van der Waals surface area contributed by atoms with Gasteiger partial charge in [0.25, 0.3) is 0 Å². The van der Waals surface area contributed by atoms with Gasteiger partial charge in [-0.1, -0.05) is 11.6 Å². The van der Waals surface area contributed by atoms with Gasteiger partial charge in [-0.25, -0.2) is 4.79 Å². The number of fused-ring (bicyclic) bond motifs is 3. The number of rotatable bonds is 3. The summed E-state index contributed by atoms with van der Waals surface area (Å²) in [4.78, 5) is 65.0. The van der Waals surface area contributed by atoms with Crippen LogP contribution in [0.2, 0.25) is 0 Å². The summed E-state index contributed by atoms with van der Waals surface area (Å²) in [5.41, 5.74) is 6.86. The lowest BCUT2D eigenvalue weighted by atomic mass is 9.59. The number of likely N-dealkylation sites (tertiary alicyclic amines) is 1. The monoisotopic (exact) mass is 492 g/mol. The number of urea groups is 1. The molecule has 0 aromatic heterocycles. The molecule has 5 rings (SSSR count). The predicted octanol–water partition coefficient (Wildman–Crippen LogP) is 1.92. The van der Waals surface area contributed by atoms with E-state index in [1.54, 1.807) is 19.1 Å². The van der Waals surface area contributed by atoms with Crippen molar-refractivity contribution in [3.63, 3.8) is 0 Å². The van der Waals surface area contributed by atoms with E-state index in [-0.39, 0.29) is 58.2 Å². The van der Waals surface area contributed by atoms with Crippen molar-refractivity contribution in [1.82, 2.24) is 4.90 Å². The number of carbonyl (C=O) groups excluding carboxylic acids is 5. The van der Waals surface area contributed by atoms with Gasteiger partial charge in [-0.3, -0.25) is 19.2 Å². The number of ether oxygens (including phenoxy) is 2. The van der Waals surface area contributed by atoms with Crippen LogP contribution in [0.15, 0.2) is 46.6 Å². The number of hydrogen-bond donors (Lipinski definition) is 2. The smallest absolute Gasteiger partial charge is 0.328 e. The standard InChI is InChI=1S/C26H24N2O8/c1-10-6-16(29)15-9-14-12(4-5-13-19(14)25(33)28(24(13)32)26(27)34)20(21(15)23(10)31)22-17(30)7-11(35-2)8-18(22)36-3/h4,6-8,13-14,19-20,30H,5,9H2,1-3H3,(H2,27,34). The number of primary amides is 1. The maximum atomic E-state index is 13.4. The van der Waals surface area contributed by atoms with Crippen LogP contribution in [0.1, 0.15) is 31.2 Å². The molecule has 4 atom stereocenters. The summed E-state index contributed by atoms with van der Waals surface area (Å²) in [6.07, 6.45) is 3.21. The van der Waals surface area contributed by atoms with Gasteiger partial charge >= 0.3 is 6.03 Å². The molecule has 1 aromatic carbocycles. The molecule has 0 bridgehead atoms. The Labute approximate surface area is 206 Å². The minimum absolute atomic E-state index is 0.0397. The molecule has 1 saturated heterocycles. The fraction of sp³-hybridized carbons (Fsp3) is 0.346. The van der Waals surface area contributed by atoms with Crippen molar-refractivity contribution in [2.45, 2.75) is 25.7 Å². The van der Waals surface area contributed by atoms with Crippen molar-refractivity contribution >= 4 is 29.4 Å². The van der Waals surface area contributed by atoms with Crippen molar-refractivity contribution in [3.8, 4) is 17.2 Å². The summed E-state index contributed by atoms with van der Waals surface area (Å²) in [6, 6.07) is 1.79. The molecule has 1 aromatic rings. The van der Waals surface area contributed by atoms with Gasteiger partial charge in [-0.15, -0.1) is 0 Å². The summed E-state index contributed by atoms with van der Waals surface area (Å²) >= 11 is 0. The molecule has 10 nitrogen and oxygen atoms in total. The van der Waals surface area contributed by atoms with Gasteiger partial charge in [0, 0.05) is 40.3 Å². The molecule has 3 aliphatic carbocycles. The third kappa shape index (κ3) is 3.13. The number of methoxy groups -OCH3 is 2. The predicted molar refractivity (Wildman–Crippen MR) is 124 cm³/mol. The summed E-state index contributed by atoms with van der Waals surface area (Å²) in [5.74, 6) is -5.08. The van der Waals surface area contributed by atoms with E-state index in [2.05, 4.69) is 0 Å². The van der Waals surface area contributed by atoms with Gasteiger partial charge in [-0.05, 0) is 31.8 Å². The molecule has 0 saturated carbocycles. The molecular weight excluding hydrogens is 468 g/mol. The molecule has 10 heteroatoms. The number of Topliss-reactive ketones (excluding diaryl/α,β-unsaturated/α-hetero) is 1. The molecule has 0 spiro atoms. The zero-order valence-corrected chi connectivity index (χ0v) is 19.9. The van der Waals surface area contributed by atoms with Crippen LogP contribution in [0.3, 0.4) is 0 Å². The Morgan fingerprint density at radius 3 is 2.44 bits per heavy atom. The molecule has 1 aliphatic heterocycles. The first-order valence-electron chi connectivity index (χ1n) is 11.4. The van der Waals surface area contributed by atoms with Gasteiger partial charge in [0.2, 0.25) is 11.8 Å². The zero-order chi connectivity index (χ0) is 26.0. The fourth-order valence-corrected chi connectivity index (χ4v) is 6.07. The largest absolute Gasteiger partial charge is 0.507 e. The van der Waals surface area contributed by atoms with Crippen molar-refractivity contribution < 1.29 is 38.6 Å². The van der Waals surface area contributed by atoms with E-state index in [0.29, 0.717) is 16.2 Å². The van der Waals surface area contributed by atoms with Gasteiger partial charge in [0.1, 0.15) is 17.2 Å². The van der Waals surface area contributed by atoms with Gasteiger partial charge in [-0.2, -0.15) is 4.90 Å². The van der Waals surface area contributed by atoms with E-state index < -0.39 is 41.5 Å². The number of allylic oxidation sites excluding steroid dienone is 6. The number of nitrogens with two attached hydrogens (primary N) is 1. The van der Waals surface area contributed by atoms with Crippen molar-refractivity contribution in [3.05, 3.63) is 52.1 Å². The first-order valence-corrected chi connectivity index (χ1v) is 11.4. The van der Waals surface area contributed by atoms with Crippen LogP contribution >= 0.6 is 0 Å². The van der Waals surface area contributed by atoms with Gasteiger partial charge in [0.15, 0.2) is 11.6 Å². The molecule has 4 aliphatic rings. The quantitative estimate of drug-likeness (QED) is 0.369. The third-order valence-corrected chi connectivity index (χ3v) is 7.62. The lowest BCUT2D eigenvalue weighted by Gasteiger charge is -2.42. The van der Waals surface area contributed by atoms with Gasteiger partial charge < -0.3 is 20.3 Å². The lowest BCUT2D eigenvalue weighted by Crippen LogP contribution is -2.42. The average molecular weight is 492 g/mol. The minimum atomic E-state index is -1.15. The third-order valence-electron chi connectivity index (χ3n) is 7.62. The average Bonchev–Trinajstić information content (AvgIpc) is 3.11. The lowest BCUT2D eigenvalue weighted by molar-refractivity contribution is -0.136. The molecule has 186 valence electrons. The summed E-state index contributed by atoms with van der Waals surface area (Å²) in [7, 11) is 2.83. The molecule has 3 N–H and O–H groups in total. The Bertz CT molecular complexity index is 1370. The normalized spacial score (nSPS) is 27.2. The van der Waals surface area contributed by atoms with Crippen LogP contribution in [0.25, 0.3) is 0 Å². The number of ketones is 2. The second kappa shape index (κ2) is 8.18. The number of phenols is 1. The number of benzene rings is 1. The zero-order valence-electron chi connectivity index (χ0n) is 19.9. The highest BCUT2D eigenvalue weighted by Crippen LogP contribution is 2.57. The number of phenolic OH excluding ortho intramolecular Hbond substituents is 1. The maximum absolute atomic E-state index is 13.4. The van der Waals surface area contributed by atoms with E-state index in [4.69, 9.17) is 15.2 Å². The molecule has 4 unspecified atom stereocenters. The molecule has 4 amide bonds. The van der Waals surface area contributed by atoms with Crippen LogP contribution < -0.4 is 15.2 Å². The van der Waals surface area contributed by atoms with E-state index in [0.717, 1.165) is 0 Å². The van der Waals surface area contributed by atoms with Gasteiger partial charge in [0.05, 0.1) is 26.1 Å². The highest BCUT2D eigenvalue weighted by atomic mass is 16.5. The van der Waals surface area contributed by atoms with Crippen LogP contribution in [0.5, 0.6) is 17.2 Å². The van der Waals surface area contributed by atoms with Crippen molar-refractivity contribution in [2.75, 3.05) is 14.2 Å². The van der Waals surface area contributed by atoms with E-state index in [1.807, 2.05) is 0 Å². The minimum Gasteiger partial charge on any atom is -0.507 e. The number of amides is 4. The molecular formula is C26H24N2O8. The van der Waals surface area contributed by atoms with E-state index >= 15 is 0 Å².